The Morgan fingerprint density at radius 1 is 1.55 bits per heavy atom. The van der Waals surface area contributed by atoms with Gasteiger partial charge in [0.15, 0.2) is 5.82 Å². The summed E-state index contributed by atoms with van der Waals surface area (Å²) in [6.07, 6.45) is 3.37. The van der Waals surface area contributed by atoms with E-state index in [-0.39, 0.29) is 16.8 Å². The molecule has 112 valence electrons. The Hall–Kier alpha value is -1.22. The van der Waals surface area contributed by atoms with Gasteiger partial charge in [0.05, 0.1) is 0 Å². The molecular weight excluding hydrogens is 278 g/mol. The number of aromatic nitrogens is 1. The lowest BCUT2D eigenvalue weighted by molar-refractivity contribution is 0.187. The summed E-state index contributed by atoms with van der Waals surface area (Å²) < 4.78 is 26.8. The lowest BCUT2D eigenvalue weighted by Gasteiger charge is -2.35. The molecule has 1 saturated heterocycles. The highest BCUT2D eigenvalue weighted by Gasteiger charge is 2.32. The van der Waals surface area contributed by atoms with Crippen LogP contribution in [0.15, 0.2) is 23.2 Å². The van der Waals surface area contributed by atoms with Crippen LogP contribution < -0.4 is 11.3 Å². The number of nitrogen functional groups attached to an aromatic ring is 1. The van der Waals surface area contributed by atoms with E-state index in [9.17, 15) is 8.42 Å². The van der Waals surface area contributed by atoms with Crippen molar-refractivity contribution >= 4 is 15.8 Å². The predicted molar refractivity (Wildman–Crippen MR) is 77.5 cm³/mol. The molecule has 1 unspecified atom stereocenters. The predicted octanol–water partition coefficient (Wildman–Crippen LogP) is 0.0819. The van der Waals surface area contributed by atoms with E-state index in [1.54, 1.807) is 13.1 Å². The van der Waals surface area contributed by atoms with Crippen molar-refractivity contribution in [2.24, 2.45) is 5.84 Å². The molecule has 1 fully saturated rings. The molecule has 20 heavy (non-hydrogen) atoms. The molecule has 1 atom stereocenters. The molecule has 0 radical (unpaired) electrons. The zero-order valence-corrected chi connectivity index (χ0v) is 12.6. The van der Waals surface area contributed by atoms with Crippen molar-refractivity contribution in [3.05, 3.63) is 18.3 Å². The van der Waals surface area contributed by atoms with E-state index in [1.165, 1.54) is 16.6 Å². The normalized spacial score (nSPS) is 21.1. The van der Waals surface area contributed by atoms with E-state index in [2.05, 4.69) is 15.3 Å². The minimum Gasteiger partial charge on any atom is -0.307 e. The van der Waals surface area contributed by atoms with Gasteiger partial charge in [-0.25, -0.2) is 19.2 Å². The number of hydrogen-bond donors (Lipinski definition) is 2. The number of nitrogens with two attached hydrogens (primary N) is 1. The number of nitrogens with zero attached hydrogens (tertiary/aromatic N) is 3. The Morgan fingerprint density at radius 2 is 2.30 bits per heavy atom. The molecule has 1 aliphatic rings. The molecule has 0 spiro atoms. The van der Waals surface area contributed by atoms with Crippen LogP contribution >= 0.6 is 0 Å². The molecular formula is C12H21N5O2S. The highest BCUT2D eigenvalue weighted by Crippen LogP contribution is 2.25. The van der Waals surface area contributed by atoms with Crippen LogP contribution in [0, 0.1) is 0 Å². The summed E-state index contributed by atoms with van der Waals surface area (Å²) in [5, 5.41) is 0. The average molecular weight is 299 g/mol. The van der Waals surface area contributed by atoms with Crippen LogP contribution in [0.2, 0.25) is 0 Å². The molecule has 0 bridgehead atoms. The monoisotopic (exact) mass is 299 g/mol. The molecule has 2 heterocycles. The zero-order chi connectivity index (χ0) is 14.8. The summed E-state index contributed by atoms with van der Waals surface area (Å²) in [6.45, 7) is 1.74. The number of anilines is 1. The van der Waals surface area contributed by atoms with E-state index in [0.29, 0.717) is 0 Å². The minimum absolute atomic E-state index is 0.0235. The van der Waals surface area contributed by atoms with Crippen molar-refractivity contribution in [1.29, 1.82) is 0 Å². The number of hydrazine groups is 1. The number of rotatable bonds is 4. The van der Waals surface area contributed by atoms with Crippen LogP contribution in [-0.2, 0) is 10.0 Å². The van der Waals surface area contributed by atoms with Crippen LogP contribution in [0.1, 0.15) is 12.8 Å². The first-order valence-corrected chi connectivity index (χ1v) is 7.99. The maximum absolute atomic E-state index is 12.7. The molecule has 3 N–H and O–H groups in total. The third-order valence-electron chi connectivity index (χ3n) is 3.68. The second-order valence-corrected chi connectivity index (χ2v) is 7.04. The van der Waals surface area contributed by atoms with Crippen LogP contribution in [0.4, 0.5) is 5.82 Å². The summed E-state index contributed by atoms with van der Waals surface area (Å²) in [7, 11) is 0.0179. The van der Waals surface area contributed by atoms with Crippen LogP contribution in [0.5, 0.6) is 0 Å². The van der Waals surface area contributed by atoms with Gasteiger partial charge in [-0.05, 0) is 38.6 Å². The van der Waals surface area contributed by atoms with Gasteiger partial charge < -0.3 is 10.3 Å². The number of sulfonamides is 1. The van der Waals surface area contributed by atoms with Gasteiger partial charge in [-0.15, -0.1) is 0 Å². The van der Waals surface area contributed by atoms with Crippen molar-refractivity contribution in [2.45, 2.75) is 23.8 Å². The van der Waals surface area contributed by atoms with Crippen molar-refractivity contribution in [2.75, 3.05) is 32.6 Å². The molecule has 2 rings (SSSR count). The fourth-order valence-electron chi connectivity index (χ4n) is 2.49. The second-order valence-electron chi connectivity index (χ2n) is 5.07. The van der Waals surface area contributed by atoms with Gasteiger partial charge in [0.1, 0.15) is 4.90 Å². The zero-order valence-electron chi connectivity index (χ0n) is 11.8. The van der Waals surface area contributed by atoms with E-state index < -0.39 is 10.0 Å². The number of piperidine rings is 1. The van der Waals surface area contributed by atoms with Crippen molar-refractivity contribution < 1.29 is 8.42 Å². The first kappa shape index (κ1) is 15.2. The average Bonchev–Trinajstić information content (AvgIpc) is 2.46. The number of hydrogen-bond acceptors (Lipinski definition) is 6. The maximum atomic E-state index is 12.7. The van der Waals surface area contributed by atoms with Gasteiger partial charge in [0, 0.05) is 25.8 Å². The first-order valence-electron chi connectivity index (χ1n) is 6.55. The Kier molecular flexibility index (Phi) is 4.59. The van der Waals surface area contributed by atoms with Crippen molar-refractivity contribution in [1.82, 2.24) is 14.2 Å². The van der Waals surface area contributed by atoms with Crippen LogP contribution in [0.3, 0.4) is 0 Å². The highest BCUT2D eigenvalue weighted by molar-refractivity contribution is 7.89. The molecule has 1 aromatic rings. The number of likely N-dealkylation sites (tertiary alicyclic amines) is 1. The van der Waals surface area contributed by atoms with Gasteiger partial charge in [-0.3, -0.25) is 0 Å². The largest absolute Gasteiger partial charge is 0.307 e. The lowest BCUT2D eigenvalue weighted by atomic mass is 10.1. The second kappa shape index (κ2) is 6.04. The maximum Gasteiger partial charge on any atom is 0.246 e. The van der Waals surface area contributed by atoms with E-state index >= 15 is 0 Å². The lowest BCUT2D eigenvalue weighted by Crippen LogP contribution is -2.47. The Balaban J connectivity index is 2.29. The standard InChI is InChI=1S/C12H21N5O2S/c1-16-8-4-5-10(9-16)17(2)20(18,19)11-6-3-7-14-12(11)15-13/h3,6-7,10H,4-5,8-9,13H2,1-2H3,(H,14,15). The Labute approximate surface area is 119 Å². The highest BCUT2D eigenvalue weighted by atomic mass is 32.2. The quantitative estimate of drug-likeness (QED) is 0.604. The molecule has 1 aromatic heterocycles. The van der Waals surface area contributed by atoms with E-state index in [0.717, 1.165) is 25.9 Å². The summed E-state index contributed by atoms with van der Waals surface area (Å²) in [5.41, 5.74) is 2.34. The smallest absolute Gasteiger partial charge is 0.246 e. The Bertz CT molecular complexity index is 563. The SMILES string of the molecule is CN1CCCC(N(C)S(=O)(=O)c2cccnc2NN)C1. The van der Waals surface area contributed by atoms with Gasteiger partial charge in [0.2, 0.25) is 10.0 Å². The summed E-state index contributed by atoms with van der Waals surface area (Å²) >= 11 is 0. The van der Waals surface area contributed by atoms with Gasteiger partial charge in [0.25, 0.3) is 0 Å². The Morgan fingerprint density at radius 3 is 2.95 bits per heavy atom. The van der Waals surface area contributed by atoms with Crippen LogP contribution in [0.25, 0.3) is 0 Å². The van der Waals surface area contributed by atoms with Crippen LogP contribution in [-0.4, -0.2) is 55.8 Å². The summed E-state index contributed by atoms with van der Waals surface area (Å²) in [6, 6.07) is 3.08. The summed E-state index contributed by atoms with van der Waals surface area (Å²) in [5.74, 6) is 5.51. The fraction of sp³-hybridized carbons (Fsp3) is 0.583. The summed E-state index contributed by atoms with van der Waals surface area (Å²) in [4.78, 5) is 6.21. The third kappa shape index (κ3) is 2.93. The topological polar surface area (TPSA) is 91.6 Å². The van der Waals surface area contributed by atoms with Gasteiger partial charge in [-0.1, -0.05) is 0 Å². The fourth-order valence-corrected chi connectivity index (χ4v) is 3.98. The first-order chi connectivity index (χ1) is 9.46. The minimum atomic E-state index is -3.60. The molecule has 0 aromatic carbocycles. The van der Waals surface area contributed by atoms with Gasteiger partial charge >= 0.3 is 0 Å². The number of pyridine rings is 1. The van der Waals surface area contributed by atoms with Gasteiger partial charge in [-0.2, -0.15) is 4.31 Å². The molecule has 0 amide bonds. The molecule has 0 saturated carbocycles. The third-order valence-corrected chi connectivity index (χ3v) is 5.62. The molecule has 0 aliphatic carbocycles. The number of nitrogens with one attached hydrogen (secondary N) is 1. The molecule has 8 heteroatoms. The van der Waals surface area contributed by atoms with Crippen molar-refractivity contribution in [3.63, 3.8) is 0 Å². The van der Waals surface area contributed by atoms with Crippen molar-refractivity contribution in [3.8, 4) is 0 Å². The molecule has 1 aliphatic heterocycles. The number of likely N-dealkylation sites (N-methyl/N-ethyl adjacent to an activating group) is 2. The molecule has 7 nitrogen and oxygen atoms in total. The van der Waals surface area contributed by atoms with E-state index in [1.807, 2.05) is 7.05 Å². The van der Waals surface area contributed by atoms with E-state index in [4.69, 9.17) is 5.84 Å².